The molecule has 1 atom stereocenters. The Morgan fingerprint density at radius 2 is 1.86 bits per heavy atom. The van der Waals surface area contributed by atoms with Crippen molar-refractivity contribution < 1.29 is 4.79 Å². The number of pyridine rings is 1. The van der Waals surface area contributed by atoms with Crippen LogP contribution in [0.5, 0.6) is 0 Å². The molecule has 0 bridgehead atoms. The molecule has 0 aromatic carbocycles. The summed E-state index contributed by atoms with van der Waals surface area (Å²) in [6.07, 6.45) is 15.5. The van der Waals surface area contributed by atoms with Gasteiger partial charge in [0.15, 0.2) is 0 Å². The topological polar surface area (TPSA) is 48.5 Å². The van der Waals surface area contributed by atoms with E-state index in [1.165, 1.54) is 71.1 Å². The van der Waals surface area contributed by atoms with Crippen LogP contribution in [0, 0.1) is 11.8 Å². The Bertz CT molecular complexity index is 623. The Kier molecular flexibility index (Phi) is 7.55. The largest absolute Gasteiger partial charge is 0.352 e. The minimum absolute atomic E-state index is 0.140. The van der Waals surface area contributed by atoms with E-state index in [0.29, 0.717) is 12.6 Å². The quantitative estimate of drug-likeness (QED) is 0.797. The average Bonchev–Trinajstić information content (AvgIpc) is 2.79. The molecule has 1 aliphatic carbocycles. The first-order valence-electron chi connectivity index (χ1n) is 11.9. The minimum atomic E-state index is 0.140. The monoisotopic (exact) mass is 398 g/mol. The third-order valence-corrected chi connectivity index (χ3v) is 7.33. The summed E-state index contributed by atoms with van der Waals surface area (Å²) in [6.45, 7) is 6.51. The summed E-state index contributed by atoms with van der Waals surface area (Å²) in [5.41, 5.74) is 1.07. The van der Waals surface area contributed by atoms with Crippen LogP contribution in [-0.2, 0) is 11.3 Å². The molecule has 2 saturated heterocycles. The van der Waals surface area contributed by atoms with Crippen molar-refractivity contribution in [1.82, 2.24) is 20.1 Å². The zero-order chi connectivity index (χ0) is 19.9. The first-order valence-corrected chi connectivity index (χ1v) is 11.9. The number of hydrogen-bond donors (Lipinski definition) is 1. The summed E-state index contributed by atoms with van der Waals surface area (Å²) in [7, 11) is 0. The molecule has 3 aliphatic rings. The lowest BCUT2D eigenvalue weighted by molar-refractivity contribution is -0.127. The SMILES string of the molecule is O=C(NCc1cccnc1)[C@H]1CCCN(C2CCN(CC3CCCCC3)CC2)C1. The predicted molar refractivity (Wildman–Crippen MR) is 116 cm³/mol. The summed E-state index contributed by atoms with van der Waals surface area (Å²) in [5, 5.41) is 3.13. The zero-order valence-electron chi connectivity index (χ0n) is 17.9. The van der Waals surface area contributed by atoms with Crippen molar-refractivity contribution >= 4 is 5.91 Å². The second-order valence-corrected chi connectivity index (χ2v) is 9.45. The Morgan fingerprint density at radius 1 is 1.03 bits per heavy atom. The minimum Gasteiger partial charge on any atom is -0.352 e. The van der Waals surface area contributed by atoms with Crippen LogP contribution in [0.15, 0.2) is 24.5 Å². The molecule has 3 fully saturated rings. The predicted octanol–water partition coefficient (Wildman–Crippen LogP) is 3.45. The third-order valence-electron chi connectivity index (χ3n) is 7.33. The fourth-order valence-electron chi connectivity index (χ4n) is 5.59. The molecule has 1 saturated carbocycles. The Balaban J connectivity index is 1.20. The Hall–Kier alpha value is -1.46. The van der Waals surface area contributed by atoms with Gasteiger partial charge in [-0.2, -0.15) is 0 Å². The first kappa shape index (κ1) is 20.8. The highest BCUT2D eigenvalue weighted by Gasteiger charge is 2.32. The van der Waals surface area contributed by atoms with Crippen LogP contribution in [0.3, 0.4) is 0 Å². The molecule has 3 heterocycles. The normalized spacial score (nSPS) is 25.7. The number of nitrogens with zero attached hydrogens (tertiary/aromatic N) is 3. The molecular weight excluding hydrogens is 360 g/mol. The molecule has 5 heteroatoms. The summed E-state index contributed by atoms with van der Waals surface area (Å²) in [6, 6.07) is 4.61. The van der Waals surface area contributed by atoms with Gasteiger partial charge in [0.1, 0.15) is 0 Å². The standard InChI is InChI=1S/C24H38N4O/c29-24(26-17-21-8-4-12-25-16-21)22-9-5-13-28(19-22)23-10-14-27(15-11-23)18-20-6-2-1-3-7-20/h4,8,12,16,20,22-23H,1-3,5-7,9-11,13-15,17-19H2,(H,26,29)/t22-/m0/s1. The molecular formula is C24H38N4O. The van der Waals surface area contributed by atoms with Gasteiger partial charge in [-0.25, -0.2) is 0 Å². The number of carbonyl (C=O) groups excluding carboxylic acids is 1. The maximum atomic E-state index is 12.7. The van der Waals surface area contributed by atoms with Crippen molar-refractivity contribution in [1.29, 1.82) is 0 Å². The van der Waals surface area contributed by atoms with E-state index in [4.69, 9.17) is 0 Å². The number of amides is 1. The van der Waals surface area contributed by atoms with Crippen molar-refractivity contribution in [3.8, 4) is 0 Å². The van der Waals surface area contributed by atoms with Crippen molar-refractivity contribution in [2.24, 2.45) is 11.8 Å². The first-order chi connectivity index (χ1) is 14.3. The van der Waals surface area contributed by atoms with Crippen LogP contribution >= 0.6 is 0 Å². The van der Waals surface area contributed by atoms with Gasteiger partial charge in [-0.15, -0.1) is 0 Å². The van der Waals surface area contributed by atoms with Crippen molar-refractivity contribution in [2.75, 3.05) is 32.7 Å². The van der Waals surface area contributed by atoms with E-state index in [-0.39, 0.29) is 11.8 Å². The van der Waals surface area contributed by atoms with Gasteiger partial charge in [0, 0.05) is 38.1 Å². The van der Waals surface area contributed by atoms with Crippen LogP contribution in [0.2, 0.25) is 0 Å². The third kappa shape index (κ3) is 6.02. The highest BCUT2D eigenvalue weighted by molar-refractivity contribution is 5.78. The molecule has 160 valence electrons. The van der Waals surface area contributed by atoms with Crippen LogP contribution in [0.4, 0.5) is 0 Å². The average molecular weight is 399 g/mol. The van der Waals surface area contributed by atoms with Crippen LogP contribution in [0.1, 0.15) is 63.4 Å². The lowest BCUT2D eigenvalue weighted by atomic mass is 9.88. The maximum absolute atomic E-state index is 12.7. The molecule has 4 rings (SSSR count). The van der Waals surface area contributed by atoms with Gasteiger partial charge in [0.05, 0.1) is 5.92 Å². The summed E-state index contributed by atoms with van der Waals surface area (Å²) < 4.78 is 0. The van der Waals surface area contributed by atoms with E-state index in [1.54, 1.807) is 6.20 Å². The highest BCUT2D eigenvalue weighted by Crippen LogP contribution is 2.27. The van der Waals surface area contributed by atoms with E-state index in [1.807, 2.05) is 18.3 Å². The van der Waals surface area contributed by atoms with Gasteiger partial charge in [0.2, 0.25) is 5.91 Å². The molecule has 5 nitrogen and oxygen atoms in total. The summed E-state index contributed by atoms with van der Waals surface area (Å²) in [5.74, 6) is 1.30. The molecule has 0 radical (unpaired) electrons. The van der Waals surface area contributed by atoms with E-state index >= 15 is 0 Å². The number of hydrogen-bond acceptors (Lipinski definition) is 4. The van der Waals surface area contributed by atoms with Gasteiger partial charge < -0.3 is 10.2 Å². The number of piperidine rings is 2. The Labute approximate surface area is 176 Å². The number of nitrogens with one attached hydrogen (secondary N) is 1. The lowest BCUT2D eigenvalue weighted by Gasteiger charge is -2.42. The van der Waals surface area contributed by atoms with Gasteiger partial charge in [-0.3, -0.25) is 14.7 Å². The van der Waals surface area contributed by atoms with Gasteiger partial charge in [-0.05, 0) is 75.7 Å². The van der Waals surface area contributed by atoms with Crippen LogP contribution in [0.25, 0.3) is 0 Å². The fourth-order valence-corrected chi connectivity index (χ4v) is 5.59. The van der Waals surface area contributed by atoms with E-state index in [9.17, 15) is 4.79 Å². The van der Waals surface area contributed by atoms with Crippen molar-refractivity contribution in [2.45, 2.75) is 70.4 Å². The number of likely N-dealkylation sites (tertiary alicyclic amines) is 2. The molecule has 29 heavy (non-hydrogen) atoms. The molecule has 2 aliphatic heterocycles. The zero-order valence-corrected chi connectivity index (χ0v) is 17.9. The van der Waals surface area contributed by atoms with Crippen LogP contribution in [-0.4, -0.2) is 59.5 Å². The van der Waals surface area contributed by atoms with Crippen molar-refractivity contribution in [3.63, 3.8) is 0 Å². The summed E-state index contributed by atoms with van der Waals surface area (Å²) >= 11 is 0. The Morgan fingerprint density at radius 3 is 2.62 bits per heavy atom. The number of carbonyl (C=O) groups is 1. The maximum Gasteiger partial charge on any atom is 0.224 e. The van der Waals surface area contributed by atoms with E-state index < -0.39 is 0 Å². The van der Waals surface area contributed by atoms with Gasteiger partial charge in [-0.1, -0.05) is 25.3 Å². The smallest absolute Gasteiger partial charge is 0.224 e. The molecule has 0 unspecified atom stereocenters. The summed E-state index contributed by atoms with van der Waals surface area (Å²) in [4.78, 5) is 22.2. The molecule has 1 amide bonds. The van der Waals surface area contributed by atoms with E-state index in [0.717, 1.165) is 30.9 Å². The molecule has 1 N–H and O–H groups in total. The van der Waals surface area contributed by atoms with Gasteiger partial charge >= 0.3 is 0 Å². The van der Waals surface area contributed by atoms with Gasteiger partial charge in [0.25, 0.3) is 0 Å². The molecule has 1 aromatic rings. The molecule has 1 aromatic heterocycles. The lowest BCUT2D eigenvalue weighted by Crippen LogP contribution is -2.51. The molecule has 0 spiro atoms. The number of rotatable bonds is 6. The highest BCUT2D eigenvalue weighted by atomic mass is 16.1. The second kappa shape index (κ2) is 10.5. The van der Waals surface area contributed by atoms with Crippen LogP contribution < -0.4 is 5.32 Å². The number of aromatic nitrogens is 1. The fraction of sp³-hybridized carbons (Fsp3) is 0.750. The van der Waals surface area contributed by atoms with E-state index in [2.05, 4.69) is 20.1 Å². The second-order valence-electron chi connectivity index (χ2n) is 9.45. The van der Waals surface area contributed by atoms with Crippen molar-refractivity contribution in [3.05, 3.63) is 30.1 Å².